The molecule has 4 aromatic rings. The van der Waals surface area contributed by atoms with Crippen molar-refractivity contribution in [2.75, 3.05) is 11.9 Å². The molecule has 0 radical (unpaired) electrons. The smallest absolute Gasteiger partial charge is 0.276 e. The van der Waals surface area contributed by atoms with Gasteiger partial charge in [-0.2, -0.15) is 0 Å². The van der Waals surface area contributed by atoms with Crippen LogP contribution in [0.3, 0.4) is 0 Å². The molecule has 8 nitrogen and oxygen atoms in total. The predicted octanol–water partition coefficient (Wildman–Crippen LogP) is 5.26. The normalized spacial score (nSPS) is 11.6. The second-order valence-electron chi connectivity index (χ2n) is 8.89. The molecule has 188 valence electrons. The summed E-state index contributed by atoms with van der Waals surface area (Å²) in [5.74, 6) is -0.378. The Morgan fingerprint density at radius 2 is 1.68 bits per heavy atom. The van der Waals surface area contributed by atoms with Gasteiger partial charge in [-0.15, -0.1) is 0 Å². The van der Waals surface area contributed by atoms with Gasteiger partial charge in [-0.05, 0) is 57.2 Å². The highest BCUT2D eigenvalue weighted by atomic mass is 16.5. The van der Waals surface area contributed by atoms with Crippen LogP contribution in [-0.4, -0.2) is 39.7 Å². The molecule has 37 heavy (non-hydrogen) atoms. The second-order valence-corrected chi connectivity index (χ2v) is 8.89. The number of carbonyl (C=O) groups excluding carboxylic acids is 3. The van der Waals surface area contributed by atoms with Crippen molar-refractivity contribution < 1.29 is 18.9 Å². The van der Waals surface area contributed by atoms with E-state index in [0.717, 1.165) is 11.3 Å². The molecule has 0 saturated carbocycles. The molecule has 1 atom stereocenters. The monoisotopic (exact) mass is 496 g/mol. The van der Waals surface area contributed by atoms with Crippen molar-refractivity contribution in [1.82, 2.24) is 15.0 Å². The van der Waals surface area contributed by atoms with Gasteiger partial charge in [-0.1, -0.05) is 41.1 Å². The van der Waals surface area contributed by atoms with E-state index in [-0.39, 0.29) is 35.9 Å². The Kier molecular flexibility index (Phi) is 7.57. The number of ketones is 1. The standard InChI is InChI=1S/C29H28N4O4/c1-19-9-7-11-23(15-19)28(35)33(24-12-8-10-22(16-24)21(3)34)18-25-17-27(31-37-25)29(36)32(4)20(2)26-13-5-6-14-30-26/h5-17,20H,18H2,1-4H3. The van der Waals surface area contributed by atoms with Crippen LogP contribution in [0.4, 0.5) is 5.69 Å². The molecule has 0 fully saturated rings. The maximum absolute atomic E-state index is 13.6. The Morgan fingerprint density at radius 1 is 0.919 bits per heavy atom. The van der Waals surface area contributed by atoms with Crippen LogP contribution in [0.5, 0.6) is 0 Å². The highest BCUT2D eigenvalue weighted by molar-refractivity contribution is 6.07. The number of anilines is 1. The Hall–Kier alpha value is -4.59. The van der Waals surface area contributed by atoms with Gasteiger partial charge >= 0.3 is 0 Å². The molecule has 0 saturated heterocycles. The SMILES string of the molecule is CC(=O)c1cccc(N(Cc2cc(C(=O)N(C)C(C)c3ccccn3)no2)C(=O)c2cccc(C)c2)c1. The van der Waals surface area contributed by atoms with Crippen LogP contribution in [0.1, 0.15) is 68.1 Å². The van der Waals surface area contributed by atoms with E-state index in [1.165, 1.54) is 22.8 Å². The highest BCUT2D eigenvalue weighted by Gasteiger charge is 2.25. The van der Waals surface area contributed by atoms with Crippen LogP contribution >= 0.6 is 0 Å². The maximum Gasteiger partial charge on any atom is 0.276 e. The molecule has 0 aliphatic heterocycles. The minimum atomic E-state index is -0.330. The van der Waals surface area contributed by atoms with Crippen molar-refractivity contribution in [1.29, 1.82) is 0 Å². The summed E-state index contributed by atoms with van der Waals surface area (Å²) in [7, 11) is 1.68. The fraction of sp³-hybridized carbons (Fsp3) is 0.207. The molecule has 2 heterocycles. The van der Waals surface area contributed by atoms with E-state index < -0.39 is 0 Å². The zero-order chi connectivity index (χ0) is 26.5. The molecule has 2 aromatic carbocycles. The second kappa shape index (κ2) is 11.0. The first kappa shape index (κ1) is 25.5. The van der Waals surface area contributed by atoms with Gasteiger partial charge in [-0.25, -0.2) is 0 Å². The number of Topliss-reactive ketones (excluding diaryl/α,β-unsaturated/α-hetero) is 1. The summed E-state index contributed by atoms with van der Waals surface area (Å²) < 4.78 is 5.49. The Balaban J connectivity index is 1.61. The number of aromatic nitrogens is 2. The molecule has 0 bridgehead atoms. The fourth-order valence-corrected chi connectivity index (χ4v) is 3.93. The van der Waals surface area contributed by atoms with E-state index >= 15 is 0 Å². The first-order chi connectivity index (χ1) is 17.7. The largest absolute Gasteiger partial charge is 0.359 e. The first-order valence-corrected chi connectivity index (χ1v) is 11.9. The van der Waals surface area contributed by atoms with Crippen molar-refractivity contribution in [3.8, 4) is 0 Å². The Labute approximate surface area is 215 Å². The molecule has 2 aromatic heterocycles. The Morgan fingerprint density at radius 3 is 2.38 bits per heavy atom. The topological polar surface area (TPSA) is 96.6 Å². The lowest BCUT2D eigenvalue weighted by molar-refractivity contribution is 0.0728. The summed E-state index contributed by atoms with van der Waals surface area (Å²) in [6.07, 6.45) is 1.68. The lowest BCUT2D eigenvalue weighted by Crippen LogP contribution is -2.31. The van der Waals surface area contributed by atoms with Crippen LogP contribution in [0, 0.1) is 6.92 Å². The fourth-order valence-electron chi connectivity index (χ4n) is 3.93. The van der Waals surface area contributed by atoms with Gasteiger partial charge in [0.2, 0.25) is 0 Å². The minimum absolute atomic E-state index is 0.0217. The number of carbonyl (C=O) groups is 3. The van der Waals surface area contributed by atoms with Crippen molar-refractivity contribution in [3.05, 3.63) is 113 Å². The number of aryl methyl sites for hydroxylation is 1. The van der Waals surface area contributed by atoms with Gasteiger partial charge in [0.1, 0.15) is 0 Å². The summed E-state index contributed by atoms with van der Waals surface area (Å²) in [5.41, 5.74) is 3.33. The van der Waals surface area contributed by atoms with Gasteiger partial charge in [0, 0.05) is 36.1 Å². The van der Waals surface area contributed by atoms with Gasteiger partial charge in [0.15, 0.2) is 17.2 Å². The summed E-state index contributed by atoms with van der Waals surface area (Å²) >= 11 is 0. The number of amides is 2. The molecule has 1 unspecified atom stereocenters. The van der Waals surface area contributed by atoms with Crippen molar-refractivity contribution in [3.63, 3.8) is 0 Å². The number of hydrogen-bond donors (Lipinski definition) is 0. The highest BCUT2D eigenvalue weighted by Crippen LogP contribution is 2.24. The number of nitrogens with zero attached hydrogens (tertiary/aromatic N) is 4. The summed E-state index contributed by atoms with van der Waals surface area (Å²) in [6, 6.07) is 20.9. The van der Waals surface area contributed by atoms with E-state index in [1.54, 1.807) is 49.6 Å². The summed E-state index contributed by atoms with van der Waals surface area (Å²) in [4.78, 5) is 46.0. The zero-order valence-electron chi connectivity index (χ0n) is 21.2. The predicted molar refractivity (Wildman–Crippen MR) is 139 cm³/mol. The molecule has 8 heteroatoms. The Bertz CT molecular complexity index is 1430. The van der Waals surface area contributed by atoms with Crippen LogP contribution in [-0.2, 0) is 6.54 Å². The van der Waals surface area contributed by atoms with E-state index in [4.69, 9.17) is 4.52 Å². The lowest BCUT2D eigenvalue weighted by Gasteiger charge is -2.23. The summed E-state index contributed by atoms with van der Waals surface area (Å²) in [6.45, 7) is 5.29. The molecular formula is C29H28N4O4. The van der Waals surface area contributed by atoms with Gasteiger partial charge < -0.3 is 14.3 Å². The zero-order valence-corrected chi connectivity index (χ0v) is 21.2. The third kappa shape index (κ3) is 5.81. The van der Waals surface area contributed by atoms with Gasteiger partial charge in [0.25, 0.3) is 11.8 Å². The van der Waals surface area contributed by atoms with Crippen LogP contribution in [0.2, 0.25) is 0 Å². The van der Waals surface area contributed by atoms with E-state index in [0.29, 0.717) is 22.6 Å². The van der Waals surface area contributed by atoms with Crippen LogP contribution in [0.25, 0.3) is 0 Å². The lowest BCUT2D eigenvalue weighted by atomic mass is 10.1. The molecule has 0 aliphatic rings. The quantitative estimate of drug-likeness (QED) is 0.309. The van der Waals surface area contributed by atoms with Crippen molar-refractivity contribution in [2.24, 2.45) is 0 Å². The van der Waals surface area contributed by atoms with Crippen molar-refractivity contribution >= 4 is 23.3 Å². The van der Waals surface area contributed by atoms with E-state index in [2.05, 4.69) is 10.1 Å². The average molecular weight is 497 g/mol. The number of pyridine rings is 1. The molecule has 4 rings (SSSR count). The van der Waals surface area contributed by atoms with E-state index in [1.807, 2.05) is 44.2 Å². The first-order valence-electron chi connectivity index (χ1n) is 11.9. The third-order valence-electron chi connectivity index (χ3n) is 6.18. The van der Waals surface area contributed by atoms with Gasteiger partial charge in [0.05, 0.1) is 18.3 Å². The molecule has 0 spiro atoms. The van der Waals surface area contributed by atoms with Crippen molar-refractivity contribution in [2.45, 2.75) is 33.4 Å². The molecule has 0 aliphatic carbocycles. The minimum Gasteiger partial charge on any atom is -0.359 e. The average Bonchev–Trinajstić information content (AvgIpc) is 3.39. The molecule has 0 N–H and O–H groups in total. The number of rotatable bonds is 8. The maximum atomic E-state index is 13.6. The molecular weight excluding hydrogens is 468 g/mol. The molecule has 2 amide bonds. The van der Waals surface area contributed by atoms with E-state index in [9.17, 15) is 14.4 Å². The van der Waals surface area contributed by atoms with Crippen LogP contribution in [0.15, 0.2) is 83.5 Å². The number of hydrogen-bond acceptors (Lipinski definition) is 6. The number of benzene rings is 2. The third-order valence-corrected chi connectivity index (χ3v) is 6.18. The van der Waals surface area contributed by atoms with Gasteiger partial charge in [-0.3, -0.25) is 19.4 Å². The van der Waals surface area contributed by atoms with Crippen LogP contribution < -0.4 is 4.90 Å². The summed E-state index contributed by atoms with van der Waals surface area (Å²) in [5, 5.41) is 3.97.